The smallest absolute Gasteiger partial charge is 0.00161 e. The van der Waals surface area contributed by atoms with Crippen LogP contribution in [0.1, 0.15) is 26.7 Å². The summed E-state index contributed by atoms with van der Waals surface area (Å²) in [5.41, 5.74) is 0.642. The molecule has 0 nitrogen and oxygen atoms in total. The Hall–Kier alpha value is 0.350. The molecule has 1 rings (SSSR count). The molecule has 0 unspecified atom stereocenters. The molecule has 0 atom stereocenters. The van der Waals surface area contributed by atoms with Crippen LogP contribution < -0.4 is 0 Å². The zero-order valence-electron chi connectivity index (χ0n) is 5.74. The molecule has 8 heavy (non-hydrogen) atoms. The third-order valence-electron chi connectivity index (χ3n) is 1.64. The molecule has 0 N–H and O–H groups in total. The summed E-state index contributed by atoms with van der Waals surface area (Å²) in [4.78, 5) is 0. The molecule has 0 saturated carbocycles. The van der Waals surface area contributed by atoms with Crippen molar-refractivity contribution in [2.45, 2.75) is 26.7 Å². The maximum absolute atomic E-state index is 2.36. The van der Waals surface area contributed by atoms with Crippen molar-refractivity contribution in [2.75, 3.05) is 11.5 Å². The predicted octanol–water partition coefficient (Wildman–Crippen LogP) is 2.54. The molecule has 1 aliphatic heterocycles. The van der Waals surface area contributed by atoms with Crippen LogP contribution in [-0.2, 0) is 0 Å². The third-order valence-corrected chi connectivity index (χ3v) is 3.20. The Kier molecular flexibility index (Phi) is 1.86. The van der Waals surface area contributed by atoms with Crippen LogP contribution in [0.15, 0.2) is 0 Å². The Morgan fingerprint density at radius 3 is 2.38 bits per heavy atom. The highest BCUT2D eigenvalue weighted by molar-refractivity contribution is 7.99. The normalized spacial score (nSPS) is 27.8. The van der Waals surface area contributed by atoms with E-state index in [9.17, 15) is 0 Å². The molecule has 0 aromatic carbocycles. The summed E-state index contributed by atoms with van der Waals surface area (Å²) in [5.74, 6) is 2.76. The summed E-state index contributed by atoms with van der Waals surface area (Å²) >= 11 is 2.10. The van der Waals surface area contributed by atoms with Crippen molar-refractivity contribution in [2.24, 2.45) is 5.41 Å². The first kappa shape index (κ1) is 6.47. The van der Waals surface area contributed by atoms with E-state index < -0.39 is 0 Å². The molecule has 1 saturated heterocycles. The van der Waals surface area contributed by atoms with Gasteiger partial charge in [-0.1, -0.05) is 13.8 Å². The molecule has 1 heterocycles. The summed E-state index contributed by atoms with van der Waals surface area (Å²) < 4.78 is 0. The van der Waals surface area contributed by atoms with Crippen LogP contribution in [0.4, 0.5) is 0 Å². The average molecular weight is 130 g/mol. The third kappa shape index (κ3) is 1.70. The van der Waals surface area contributed by atoms with Crippen LogP contribution in [-0.4, -0.2) is 11.5 Å². The zero-order chi connectivity index (χ0) is 6.04. The fraction of sp³-hybridized carbons (Fsp3) is 1.00. The lowest BCUT2D eigenvalue weighted by molar-refractivity contribution is 0.374. The van der Waals surface area contributed by atoms with Gasteiger partial charge in [0.05, 0.1) is 0 Å². The average Bonchev–Trinajstić information content (AvgIpc) is 1.65. The molecule has 1 aliphatic rings. The van der Waals surface area contributed by atoms with Crippen molar-refractivity contribution in [3.63, 3.8) is 0 Å². The monoisotopic (exact) mass is 130 g/mol. The lowest BCUT2D eigenvalue weighted by atomic mass is 9.90. The molecule has 1 heteroatoms. The van der Waals surface area contributed by atoms with Gasteiger partial charge in [0, 0.05) is 0 Å². The predicted molar refractivity (Wildman–Crippen MR) is 40.3 cm³/mol. The molecule has 48 valence electrons. The van der Waals surface area contributed by atoms with Crippen LogP contribution in [0, 0.1) is 5.41 Å². The van der Waals surface area contributed by atoms with Gasteiger partial charge in [-0.15, -0.1) is 0 Å². The molecule has 0 aromatic rings. The van der Waals surface area contributed by atoms with Gasteiger partial charge in [-0.3, -0.25) is 0 Å². The molecule has 1 fully saturated rings. The maximum Gasteiger partial charge on any atom is -0.00161 e. The van der Waals surface area contributed by atoms with Crippen LogP contribution in [0.2, 0.25) is 0 Å². The molecule has 0 spiro atoms. The van der Waals surface area contributed by atoms with Crippen LogP contribution in [0.5, 0.6) is 0 Å². The summed E-state index contributed by atoms with van der Waals surface area (Å²) in [6.45, 7) is 4.72. The Morgan fingerprint density at radius 1 is 1.38 bits per heavy atom. The van der Waals surface area contributed by atoms with Gasteiger partial charge in [-0.2, -0.15) is 11.8 Å². The summed E-state index contributed by atoms with van der Waals surface area (Å²) in [5, 5.41) is 0. The Morgan fingerprint density at radius 2 is 2.12 bits per heavy atom. The Balaban J connectivity index is 2.33. The first-order valence-corrected chi connectivity index (χ1v) is 4.44. The molecule has 0 bridgehead atoms. The highest BCUT2D eigenvalue weighted by Gasteiger charge is 2.20. The summed E-state index contributed by atoms with van der Waals surface area (Å²) in [7, 11) is 0. The summed E-state index contributed by atoms with van der Waals surface area (Å²) in [6, 6.07) is 0. The van der Waals surface area contributed by atoms with Crippen molar-refractivity contribution < 1.29 is 0 Å². The first-order chi connectivity index (χ1) is 3.71. The van der Waals surface area contributed by atoms with Gasteiger partial charge < -0.3 is 0 Å². The van der Waals surface area contributed by atoms with E-state index in [2.05, 4.69) is 25.6 Å². The molecular formula is C7H14S. The van der Waals surface area contributed by atoms with Gasteiger partial charge in [-0.05, 0) is 29.8 Å². The molecule has 0 radical (unpaired) electrons. The van der Waals surface area contributed by atoms with Gasteiger partial charge in [0.25, 0.3) is 0 Å². The summed E-state index contributed by atoms with van der Waals surface area (Å²) in [6.07, 6.45) is 2.86. The highest BCUT2D eigenvalue weighted by Crippen LogP contribution is 2.32. The van der Waals surface area contributed by atoms with Gasteiger partial charge >= 0.3 is 0 Å². The number of hydrogen-bond donors (Lipinski definition) is 0. The van der Waals surface area contributed by atoms with E-state index in [-0.39, 0.29) is 0 Å². The lowest BCUT2D eigenvalue weighted by Crippen LogP contribution is -2.19. The van der Waals surface area contributed by atoms with Crippen molar-refractivity contribution in [1.82, 2.24) is 0 Å². The Labute approximate surface area is 56.0 Å². The van der Waals surface area contributed by atoms with Gasteiger partial charge in [0.15, 0.2) is 0 Å². The van der Waals surface area contributed by atoms with E-state index in [1.54, 1.807) is 0 Å². The Bertz CT molecular complexity index is 68.5. The van der Waals surface area contributed by atoms with E-state index >= 15 is 0 Å². The van der Waals surface area contributed by atoms with E-state index in [0.717, 1.165) is 0 Å². The topological polar surface area (TPSA) is 0 Å². The van der Waals surface area contributed by atoms with Crippen LogP contribution in [0.25, 0.3) is 0 Å². The number of hydrogen-bond acceptors (Lipinski definition) is 1. The van der Waals surface area contributed by atoms with Gasteiger partial charge in [0.2, 0.25) is 0 Å². The molecule has 0 aliphatic carbocycles. The molecule has 0 amide bonds. The highest BCUT2D eigenvalue weighted by atomic mass is 32.2. The minimum absolute atomic E-state index is 0.642. The first-order valence-electron chi connectivity index (χ1n) is 3.28. The SMILES string of the molecule is CC1(C)CCCSC1. The number of thioether (sulfide) groups is 1. The number of rotatable bonds is 0. The standard InChI is InChI=1S/C7H14S/c1-7(2)4-3-5-8-6-7/h3-6H2,1-2H3. The van der Waals surface area contributed by atoms with E-state index in [0.29, 0.717) is 5.41 Å². The minimum atomic E-state index is 0.642. The largest absolute Gasteiger partial charge is 0.161 e. The fourth-order valence-electron chi connectivity index (χ4n) is 1.07. The fourth-order valence-corrected chi connectivity index (χ4v) is 2.26. The van der Waals surface area contributed by atoms with Gasteiger partial charge in [-0.25, -0.2) is 0 Å². The minimum Gasteiger partial charge on any atom is -0.161 e. The molecular weight excluding hydrogens is 116 g/mol. The van der Waals surface area contributed by atoms with Crippen molar-refractivity contribution in [3.8, 4) is 0 Å². The van der Waals surface area contributed by atoms with Gasteiger partial charge in [0.1, 0.15) is 0 Å². The zero-order valence-corrected chi connectivity index (χ0v) is 6.55. The van der Waals surface area contributed by atoms with Crippen LogP contribution in [0.3, 0.4) is 0 Å². The maximum atomic E-state index is 2.36. The van der Waals surface area contributed by atoms with Crippen molar-refractivity contribution in [1.29, 1.82) is 0 Å². The quantitative estimate of drug-likeness (QED) is 0.485. The van der Waals surface area contributed by atoms with E-state index in [4.69, 9.17) is 0 Å². The second-order valence-electron chi connectivity index (χ2n) is 3.32. The second kappa shape index (κ2) is 2.30. The lowest BCUT2D eigenvalue weighted by Gasteiger charge is -2.28. The van der Waals surface area contributed by atoms with Crippen LogP contribution >= 0.6 is 11.8 Å². The van der Waals surface area contributed by atoms with E-state index in [1.807, 2.05) is 0 Å². The van der Waals surface area contributed by atoms with E-state index in [1.165, 1.54) is 24.3 Å². The second-order valence-corrected chi connectivity index (χ2v) is 4.43. The van der Waals surface area contributed by atoms with Crippen molar-refractivity contribution in [3.05, 3.63) is 0 Å². The van der Waals surface area contributed by atoms with Crippen molar-refractivity contribution >= 4 is 11.8 Å². The molecule has 0 aromatic heterocycles.